The number of hydrogen-bond donors (Lipinski definition) is 2. The van der Waals surface area contributed by atoms with Crippen LogP contribution in [0.15, 0.2) is 97.1 Å². The Bertz CT molecular complexity index is 2040. The molecule has 2 atom stereocenters. The van der Waals surface area contributed by atoms with Gasteiger partial charge >= 0.3 is 18.2 Å². The minimum Gasteiger partial charge on any atom is -0.444 e. The van der Waals surface area contributed by atoms with Crippen molar-refractivity contribution in [1.82, 2.24) is 35.1 Å². The number of carbonyl (C=O) groups is 3. The van der Waals surface area contributed by atoms with Crippen molar-refractivity contribution in [2.45, 2.75) is 89.8 Å². The molecule has 2 N–H and O–H groups in total. The minimum atomic E-state index is -0.392. The van der Waals surface area contributed by atoms with Crippen LogP contribution in [0.3, 0.4) is 0 Å². The molecule has 0 aliphatic carbocycles. The van der Waals surface area contributed by atoms with Gasteiger partial charge in [-0.1, -0.05) is 85.6 Å². The lowest BCUT2D eigenvalue weighted by molar-refractivity contribution is 0.0262. The maximum atomic E-state index is 13.5. The number of nitrogens with one attached hydrogen (secondary N) is 2. The number of rotatable bonds is 2. The van der Waals surface area contributed by atoms with E-state index in [1.54, 1.807) is 17.0 Å². The highest BCUT2D eigenvalue weighted by Gasteiger charge is 2.36. The van der Waals surface area contributed by atoms with Crippen molar-refractivity contribution in [3.05, 3.63) is 142 Å². The Morgan fingerprint density at radius 2 is 0.909 bits per heavy atom. The van der Waals surface area contributed by atoms with Crippen molar-refractivity contribution in [2.24, 2.45) is 0 Å². The third-order valence-electron chi connectivity index (χ3n) is 12.9. The van der Waals surface area contributed by atoms with Crippen LogP contribution in [0, 0.1) is 11.6 Å². The molecule has 354 valence electrons. The van der Waals surface area contributed by atoms with Crippen molar-refractivity contribution in [2.75, 3.05) is 78.5 Å². The van der Waals surface area contributed by atoms with Crippen molar-refractivity contribution in [3.63, 3.8) is 0 Å². The molecular formula is C53H69F2N7O4. The summed E-state index contributed by atoms with van der Waals surface area (Å²) >= 11 is 0. The van der Waals surface area contributed by atoms with Gasteiger partial charge in [0.05, 0.1) is 12.1 Å². The van der Waals surface area contributed by atoms with Gasteiger partial charge in [0.2, 0.25) is 0 Å². The van der Waals surface area contributed by atoms with Gasteiger partial charge in [0.25, 0.3) is 0 Å². The van der Waals surface area contributed by atoms with Gasteiger partial charge in [0.15, 0.2) is 0 Å². The number of hydrogen-bond acceptors (Lipinski definition) is 6. The second kappa shape index (κ2) is 23.3. The zero-order chi connectivity index (χ0) is 46.5. The molecule has 66 heavy (non-hydrogen) atoms. The fraction of sp³-hybridized carbons (Fsp3) is 0.491. The van der Waals surface area contributed by atoms with Gasteiger partial charge in [-0.15, -0.1) is 0 Å². The summed E-state index contributed by atoms with van der Waals surface area (Å²) in [7, 11) is 0. The molecule has 3 fully saturated rings. The van der Waals surface area contributed by atoms with Gasteiger partial charge in [-0.2, -0.15) is 0 Å². The van der Waals surface area contributed by atoms with Crippen LogP contribution in [0.1, 0.15) is 105 Å². The average Bonchev–Trinajstić information content (AvgIpc) is 3.90. The minimum absolute atomic E-state index is 0.0810. The summed E-state index contributed by atoms with van der Waals surface area (Å²) in [6, 6.07) is 29.6. The predicted molar refractivity (Wildman–Crippen MR) is 255 cm³/mol. The lowest BCUT2D eigenvalue weighted by Crippen LogP contribution is -2.48. The van der Waals surface area contributed by atoms with Crippen LogP contribution in [0.4, 0.5) is 23.2 Å². The normalized spacial score (nSPS) is 20.1. The highest BCUT2D eigenvalue weighted by molar-refractivity contribution is 5.77. The number of amides is 5. The summed E-state index contributed by atoms with van der Waals surface area (Å²) < 4.78 is 32.2. The topological polar surface area (TPSA) is 101 Å². The van der Waals surface area contributed by atoms with E-state index in [-0.39, 0.29) is 41.9 Å². The molecule has 5 amide bonds. The number of nitrogens with zero attached hydrogens (tertiary/aromatic N) is 5. The number of likely N-dealkylation sites (tertiary alicyclic amines) is 1. The maximum Gasteiger partial charge on any atom is 0.410 e. The second-order valence-corrected chi connectivity index (χ2v) is 18.8. The van der Waals surface area contributed by atoms with E-state index in [9.17, 15) is 23.2 Å². The Kier molecular flexibility index (Phi) is 17.1. The molecular weight excluding hydrogens is 837 g/mol. The third-order valence-corrected chi connectivity index (χ3v) is 12.9. The van der Waals surface area contributed by atoms with E-state index in [4.69, 9.17) is 4.74 Å². The van der Waals surface area contributed by atoms with Crippen molar-refractivity contribution in [3.8, 4) is 0 Å². The molecule has 0 aromatic heterocycles. The van der Waals surface area contributed by atoms with Crippen LogP contribution < -0.4 is 10.6 Å². The van der Waals surface area contributed by atoms with Crippen molar-refractivity contribution < 1.29 is 27.9 Å². The predicted octanol–water partition coefficient (Wildman–Crippen LogP) is 9.17. The largest absolute Gasteiger partial charge is 0.444 e. The van der Waals surface area contributed by atoms with Crippen LogP contribution in [-0.4, -0.2) is 127 Å². The highest BCUT2D eigenvalue weighted by atomic mass is 19.1. The number of benzene rings is 4. The van der Waals surface area contributed by atoms with Gasteiger partial charge in [0, 0.05) is 65.4 Å². The number of carbonyl (C=O) groups excluding carboxylic acids is 3. The fourth-order valence-corrected chi connectivity index (χ4v) is 9.57. The first-order valence-corrected chi connectivity index (χ1v) is 24.1. The van der Waals surface area contributed by atoms with E-state index in [0.717, 1.165) is 126 Å². The smallest absolute Gasteiger partial charge is 0.410 e. The van der Waals surface area contributed by atoms with Gasteiger partial charge < -0.3 is 39.9 Å². The van der Waals surface area contributed by atoms with E-state index in [1.807, 2.05) is 76.8 Å². The molecule has 0 saturated carbocycles. The molecule has 11 nitrogen and oxygen atoms in total. The summed E-state index contributed by atoms with van der Waals surface area (Å²) in [5.74, 6) is -0.502. The van der Waals surface area contributed by atoms with E-state index >= 15 is 0 Å². The summed E-state index contributed by atoms with van der Waals surface area (Å²) in [6.07, 6.45) is 8.06. The van der Waals surface area contributed by atoms with E-state index in [2.05, 4.69) is 34.9 Å². The van der Waals surface area contributed by atoms with Crippen LogP contribution in [-0.2, 0) is 17.6 Å². The van der Waals surface area contributed by atoms with Gasteiger partial charge in [-0.3, -0.25) is 0 Å². The first-order chi connectivity index (χ1) is 32.0. The van der Waals surface area contributed by atoms with Crippen molar-refractivity contribution in [1.29, 1.82) is 0 Å². The van der Waals surface area contributed by atoms with Crippen molar-refractivity contribution >= 4 is 18.2 Å². The van der Waals surface area contributed by atoms with E-state index in [0.29, 0.717) is 13.1 Å². The Hall–Kier alpha value is -5.53. The molecule has 0 spiro atoms. The molecule has 0 radical (unpaired) electrons. The maximum absolute atomic E-state index is 13.5. The lowest BCUT2D eigenvalue weighted by Gasteiger charge is -2.40. The summed E-state index contributed by atoms with van der Waals surface area (Å²) in [6.45, 7) is 15.4. The molecule has 4 aromatic rings. The van der Waals surface area contributed by atoms with Gasteiger partial charge in [-0.05, 0) is 130 Å². The Labute approximate surface area is 390 Å². The average molecular weight is 906 g/mol. The Balaban J connectivity index is 0.000000155. The zero-order valence-corrected chi connectivity index (χ0v) is 39.2. The Morgan fingerprint density at radius 1 is 0.500 bits per heavy atom. The molecule has 5 aliphatic heterocycles. The van der Waals surface area contributed by atoms with Gasteiger partial charge in [-0.25, -0.2) is 23.2 Å². The number of fused-ring (bicyclic) bond motifs is 2. The monoisotopic (exact) mass is 906 g/mol. The van der Waals surface area contributed by atoms with Crippen LogP contribution in [0.2, 0.25) is 0 Å². The third kappa shape index (κ3) is 12.9. The Morgan fingerprint density at radius 3 is 1.38 bits per heavy atom. The quantitative estimate of drug-likeness (QED) is 0.208. The first kappa shape index (κ1) is 48.4. The standard InChI is InChI=1S/C22H25FN2O.C21H24FN3O.C10H20N2O2/c23-19-11-9-18(10-12-19)21-20-8-4-3-7-17(20)13-16-25(21)22(26)24-14-5-1-2-6-15-24;22-18-8-6-17(7-9-18)20-19-5-2-1-4-16(19)10-14-25(20)21(26)24-13-3-11-23-12-15-24;1-10(2,3)14-9(13)12-7-4-5-11-6-8-12/h3-4,7-12,21H,1-2,5-6,13-16H2;1-2,4-9,20,23H,3,10-15H2;11H,4-8H2,1-3H3/t21-;20-;/m00./s1. The molecule has 5 aliphatic rings. The van der Waals surface area contributed by atoms with Crippen LogP contribution in [0.5, 0.6) is 0 Å². The molecule has 13 heteroatoms. The number of ether oxygens (including phenoxy) is 1. The fourth-order valence-electron chi connectivity index (χ4n) is 9.57. The summed E-state index contributed by atoms with van der Waals surface area (Å²) in [5, 5.41) is 6.59. The van der Waals surface area contributed by atoms with Crippen LogP contribution in [0.25, 0.3) is 0 Å². The second-order valence-electron chi connectivity index (χ2n) is 18.8. The SMILES string of the molecule is CC(C)(C)OC(=O)N1CCCNCC1.O=C(N1CCCCCC1)N1CCc2ccccc2[C@@H]1c1ccc(F)cc1.O=C(N1CCCNCC1)N1CCc2ccccc2[C@@H]1c1ccc(F)cc1. The first-order valence-electron chi connectivity index (χ1n) is 24.1. The highest BCUT2D eigenvalue weighted by Crippen LogP contribution is 2.37. The molecule has 4 aromatic carbocycles. The molecule has 3 saturated heterocycles. The molecule has 5 heterocycles. The summed E-state index contributed by atoms with van der Waals surface area (Å²) in [4.78, 5) is 48.0. The number of urea groups is 2. The molecule has 0 bridgehead atoms. The van der Waals surface area contributed by atoms with Gasteiger partial charge in [0.1, 0.15) is 17.2 Å². The number of halogens is 2. The van der Waals surface area contributed by atoms with E-state index in [1.165, 1.54) is 48.2 Å². The van der Waals surface area contributed by atoms with E-state index < -0.39 is 5.60 Å². The molecule has 9 rings (SSSR count). The zero-order valence-electron chi connectivity index (χ0n) is 39.2. The summed E-state index contributed by atoms with van der Waals surface area (Å²) in [5.41, 5.74) is 6.39. The van der Waals surface area contributed by atoms with Crippen LogP contribution >= 0.6 is 0 Å². The molecule has 0 unspecified atom stereocenters. The lowest BCUT2D eigenvalue weighted by atomic mass is 9.88.